The number of aliphatic hydroxyl groups excluding tert-OH is 1. The van der Waals surface area contributed by atoms with Crippen LogP contribution in [0.3, 0.4) is 0 Å². The zero-order valence-corrected chi connectivity index (χ0v) is 11.5. The van der Waals surface area contributed by atoms with Gasteiger partial charge in [0, 0.05) is 5.69 Å². The monoisotopic (exact) mass is 324 g/mol. The van der Waals surface area contributed by atoms with Crippen LogP contribution in [0.5, 0.6) is 5.75 Å². The number of hydrogen-bond acceptors (Lipinski definition) is 3. The standard InChI is InChI=1S/C15H11F3N2O3/c16-15(17,18)9-4-3-5-10(8-9)19-13(21)20-11-6-1-2-7-12(11)23-14(20)22/h1-8,14,22H,(H,19,21). The van der Waals surface area contributed by atoms with Gasteiger partial charge in [-0.1, -0.05) is 18.2 Å². The van der Waals surface area contributed by atoms with E-state index in [1.54, 1.807) is 24.3 Å². The number of nitrogens with one attached hydrogen (secondary N) is 1. The van der Waals surface area contributed by atoms with E-state index in [4.69, 9.17) is 4.74 Å². The largest absolute Gasteiger partial charge is 0.444 e. The maximum atomic E-state index is 12.7. The van der Waals surface area contributed by atoms with Crippen molar-refractivity contribution in [2.24, 2.45) is 0 Å². The van der Waals surface area contributed by atoms with Crippen LogP contribution in [0.2, 0.25) is 0 Å². The summed E-state index contributed by atoms with van der Waals surface area (Å²) in [6, 6.07) is 9.84. The van der Waals surface area contributed by atoms with Gasteiger partial charge in [-0.25, -0.2) is 9.69 Å². The second-order valence-electron chi connectivity index (χ2n) is 4.79. The van der Waals surface area contributed by atoms with Gasteiger partial charge in [-0.2, -0.15) is 13.2 Å². The second-order valence-corrected chi connectivity index (χ2v) is 4.79. The molecule has 0 fully saturated rings. The molecular weight excluding hydrogens is 313 g/mol. The number of alkyl halides is 3. The normalized spacial score (nSPS) is 16.7. The Kier molecular flexibility index (Phi) is 3.61. The maximum Gasteiger partial charge on any atom is 0.416 e. The van der Waals surface area contributed by atoms with E-state index in [1.165, 1.54) is 12.1 Å². The minimum absolute atomic E-state index is 0.0404. The van der Waals surface area contributed by atoms with Gasteiger partial charge in [0.2, 0.25) is 0 Å². The van der Waals surface area contributed by atoms with E-state index < -0.39 is 24.2 Å². The van der Waals surface area contributed by atoms with Gasteiger partial charge in [-0.15, -0.1) is 0 Å². The zero-order chi connectivity index (χ0) is 16.6. The van der Waals surface area contributed by atoms with Crippen molar-refractivity contribution in [3.63, 3.8) is 0 Å². The van der Waals surface area contributed by atoms with Gasteiger partial charge < -0.3 is 15.2 Å². The van der Waals surface area contributed by atoms with Crippen LogP contribution in [0.4, 0.5) is 29.3 Å². The van der Waals surface area contributed by atoms with Gasteiger partial charge in [-0.3, -0.25) is 0 Å². The number of amides is 2. The predicted octanol–water partition coefficient (Wildman–Crippen LogP) is 3.41. The highest BCUT2D eigenvalue weighted by atomic mass is 19.4. The summed E-state index contributed by atoms with van der Waals surface area (Å²) in [6.45, 7) is 0. The Labute approximate surface area is 128 Å². The molecule has 8 heteroatoms. The topological polar surface area (TPSA) is 61.8 Å². The summed E-state index contributed by atoms with van der Waals surface area (Å²) >= 11 is 0. The minimum atomic E-state index is -4.51. The molecule has 120 valence electrons. The van der Waals surface area contributed by atoms with Crippen LogP contribution in [-0.2, 0) is 6.18 Å². The molecule has 0 saturated carbocycles. The van der Waals surface area contributed by atoms with Crippen molar-refractivity contribution in [2.75, 3.05) is 10.2 Å². The molecule has 0 saturated heterocycles. The third-order valence-electron chi connectivity index (χ3n) is 3.24. The molecule has 3 rings (SSSR count). The number of benzene rings is 2. The molecule has 1 atom stereocenters. The number of nitrogens with zero attached hydrogens (tertiary/aromatic N) is 1. The first-order valence-electron chi connectivity index (χ1n) is 6.57. The van der Waals surface area contributed by atoms with Crippen LogP contribution in [0, 0.1) is 0 Å². The number of carbonyl (C=O) groups excluding carboxylic acids is 1. The summed E-state index contributed by atoms with van der Waals surface area (Å²) in [5, 5.41) is 12.1. The molecule has 23 heavy (non-hydrogen) atoms. The predicted molar refractivity (Wildman–Crippen MR) is 76.0 cm³/mol. The number of para-hydroxylation sites is 2. The van der Waals surface area contributed by atoms with Gasteiger partial charge in [0.1, 0.15) is 5.75 Å². The molecule has 0 aliphatic carbocycles. The summed E-state index contributed by atoms with van der Waals surface area (Å²) in [5.41, 5.74) is -0.597. The number of carbonyl (C=O) groups is 1. The fourth-order valence-electron chi connectivity index (χ4n) is 2.21. The van der Waals surface area contributed by atoms with Crippen molar-refractivity contribution in [3.8, 4) is 5.75 Å². The lowest BCUT2D eigenvalue weighted by Crippen LogP contribution is -2.42. The van der Waals surface area contributed by atoms with Crippen LogP contribution in [0.1, 0.15) is 5.56 Å². The van der Waals surface area contributed by atoms with Crippen LogP contribution < -0.4 is 15.0 Å². The van der Waals surface area contributed by atoms with E-state index >= 15 is 0 Å². The number of halogens is 3. The third-order valence-corrected chi connectivity index (χ3v) is 3.24. The van der Waals surface area contributed by atoms with E-state index in [0.717, 1.165) is 17.0 Å². The van der Waals surface area contributed by atoms with E-state index in [0.29, 0.717) is 11.4 Å². The fraction of sp³-hybridized carbons (Fsp3) is 0.133. The first kappa shape index (κ1) is 15.2. The summed E-state index contributed by atoms with van der Waals surface area (Å²) in [7, 11) is 0. The van der Waals surface area contributed by atoms with E-state index in [9.17, 15) is 23.1 Å². The van der Waals surface area contributed by atoms with E-state index in [1.807, 2.05) is 0 Å². The Morgan fingerprint density at radius 3 is 2.65 bits per heavy atom. The van der Waals surface area contributed by atoms with Crippen molar-refractivity contribution in [1.29, 1.82) is 0 Å². The van der Waals surface area contributed by atoms with E-state index in [2.05, 4.69) is 5.32 Å². The maximum absolute atomic E-state index is 12.7. The summed E-state index contributed by atoms with van der Waals surface area (Å²) < 4.78 is 43.1. The van der Waals surface area contributed by atoms with Crippen LogP contribution in [0.25, 0.3) is 0 Å². The molecule has 2 aromatic rings. The molecule has 5 nitrogen and oxygen atoms in total. The highest BCUT2D eigenvalue weighted by Crippen LogP contribution is 2.36. The van der Waals surface area contributed by atoms with Gasteiger partial charge in [0.25, 0.3) is 6.41 Å². The number of fused-ring (bicyclic) bond motifs is 1. The molecule has 0 aromatic heterocycles. The highest BCUT2D eigenvalue weighted by Gasteiger charge is 2.35. The lowest BCUT2D eigenvalue weighted by atomic mass is 10.2. The Bertz CT molecular complexity index is 749. The molecule has 0 spiro atoms. The lowest BCUT2D eigenvalue weighted by Gasteiger charge is -2.19. The summed E-state index contributed by atoms with van der Waals surface area (Å²) in [5.74, 6) is 0.305. The third kappa shape index (κ3) is 2.93. The average molecular weight is 324 g/mol. The molecule has 1 unspecified atom stereocenters. The molecule has 2 amide bonds. The number of ether oxygens (including phenoxy) is 1. The lowest BCUT2D eigenvalue weighted by molar-refractivity contribution is -0.137. The van der Waals surface area contributed by atoms with Gasteiger partial charge in [0.15, 0.2) is 0 Å². The number of anilines is 2. The quantitative estimate of drug-likeness (QED) is 0.845. The number of hydrogen-bond donors (Lipinski definition) is 2. The molecule has 1 heterocycles. The SMILES string of the molecule is O=C(Nc1cccc(C(F)(F)F)c1)N1c2ccccc2OC1O. The van der Waals surface area contributed by atoms with Crippen molar-refractivity contribution >= 4 is 17.4 Å². The Morgan fingerprint density at radius 2 is 1.91 bits per heavy atom. The first-order chi connectivity index (χ1) is 10.9. The van der Waals surface area contributed by atoms with Crippen LogP contribution in [-0.4, -0.2) is 17.6 Å². The van der Waals surface area contributed by atoms with Gasteiger partial charge in [0.05, 0.1) is 11.3 Å². The van der Waals surface area contributed by atoms with Crippen molar-refractivity contribution in [1.82, 2.24) is 0 Å². The number of rotatable bonds is 1. The molecule has 2 aromatic carbocycles. The average Bonchev–Trinajstić information content (AvgIpc) is 2.82. The van der Waals surface area contributed by atoms with Crippen molar-refractivity contribution < 1.29 is 27.8 Å². The second kappa shape index (κ2) is 5.47. The first-order valence-corrected chi connectivity index (χ1v) is 6.57. The van der Waals surface area contributed by atoms with Gasteiger partial charge >= 0.3 is 12.2 Å². The molecule has 0 bridgehead atoms. The zero-order valence-electron chi connectivity index (χ0n) is 11.5. The fourth-order valence-corrected chi connectivity index (χ4v) is 2.21. The molecule has 1 aliphatic rings. The van der Waals surface area contributed by atoms with Crippen molar-refractivity contribution in [3.05, 3.63) is 54.1 Å². The van der Waals surface area contributed by atoms with Crippen molar-refractivity contribution in [2.45, 2.75) is 12.6 Å². The molecule has 0 radical (unpaired) electrons. The highest BCUT2D eigenvalue weighted by molar-refractivity contribution is 6.03. The van der Waals surface area contributed by atoms with Crippen LogP contribution in [0.15, 0.2) is 48.5 Å². The summed E-state index contributed by atoms with van der Waals surface area (Å²) in [6.07, 6.45) is -6.05. The van der Waals surface area contributed by atoms with Gasteiger partial charge in [-0.05, 0) is 30.3 Å². The Balaban J connectivity index is 1.83. The van der Waals surface area contributed by atoms with Crippen LogP contribution >= 0.6 is 0 Å². The molecular formula is C15H11F3N2O3. The molecule has 1 aliphatic heterocycles. The number of urea groups is 1. The molecule has 2 N–H and O–H groups in total. The van der Waals surface area contributed by atoms with E-state index in [-0.39, 0.29) is 5.69 Å². The Morgan fingerprint density at radius 1 is 1.17 bits per heavy atom. The smallest absolute Gasteiger partial charge is 0.416 e. The minimum Gasteiger partial charge on any atom is -0.444 e. The summed E-state index contributed by atoms with van der Waals surface area (Å²) in [4.78, 5) is 13.2. The number of aliphatic hydroxyl groups is 1. The Hall–Kier alpha value is -2.74.